The van der Waals surface area contributed by atoms with Gasteiger partial charge in [0.2, 0.25) is 0 Å². The minimum absolute atomic E-state index is 0.166. The van der Waals surface area contributed by atoms with Gasteiger partial charge in [-0.15, -0.1) is 0 Å². The molecule has 90 valence electrons. The van der Waals surface area contributed by atoms with E-state index in [4.69, 9.17) is 14.6 Å². The van der Waals surface area contributed by atoms with Crippen LogP contribution < -0.4 is 14.8 Å². The molecule has 1 aromatic rings. The van der Waals surface area contributed by atoms with Gasteiger partial charge in [-0.1, -0.05) is 6.07 Å². The highest BCUT2D eigenvalue weighted by atomic mass is 16.5. The summed E-state index contributed by atoms with van der Waals surface area (Å²) in [5.74, 6) is 1.63. The molecule has 0 bridgehead atoms. The van der Waals surface area contributed by atoms with Crippen LogP contribution in [0.25, 0.3) is 0 Å². The van der Waals surface area contributed by atoms with Crippen LogP contribution in [-0.4, -0.2) is 39.0 Å². The fourth-order valence-corrected chi connectivity index (χ4v) is 1.49. The Balaban J connectivity index is 2.57. The van der Waals surface area contributed by atoms with E-state index in [1.807, 2.05) is 18.2 Å². The number of methoxy groups -OCH3 is 2. The van der Waals surface area contributed by atoms with Crippen LogP contribution in [0, 0.1) is 0 Å². The molecule has 0 saturated heterocycles. The quantitative estimate of drug-likeness (QED) is 0.675. The molecule has 0 unspecified atom stereocenters. The maximum atomic E-state index is 8.63. The first kappa shape index (κ1) is 12.8. The average molecular weight is 225 g/mol. The van der Waals surface area contributed by atoms with Crippen molar-refractivity contribution in [3.63, 3.8) is 0 Å². The van der Waals surface area contributed by atoms with Crippen LogP contribution in [0.4, 0.5) is 0 Å². The normalized spacial score (nSPS) is 10.2. The standard InChI is InChI=1S/C12H19NO3/c1-15-11-4-3-10(12(9-11)16-2)5-6-13-7-8-14/h3-4,9,13-14H,5-8H2,1-2H3. The zero-order valence-electron chi connectivity index (χ0n) is 9.82. The molecular formula is C12H19NO3. The van der Waals surface area contributed by atoms with E-state index in [0.717, 1.165) is 30.0 Å². The molecule has 0 fully saturated rings. The maximum absolute atomic E-state index is 8.63. The Labute approximate surface area is 96.2 Å². The SMILES string of the molecule is COc1ccc(CCNCCO)c(OC)c1. The molecule has 4 nitrogen and oxygen atoms in total. The predicted octanol–water partition coefficient (Wildman–Crippen LogP) is 0.828. The van der Waals surface area contributed by atoms with Gasteiger partial charge < -0.3 is 19.9 Å². The lowest BCUT2D eigenvalue weighted by molar-refractivity contribution is 0.292. The predicted molar refractivity (Wildman–Crippen MR) is 63.2 cm³/mol. The lowest BCUT2D eigenvalue weighted by Crippen LogP contribution is -2.21. The van der Waals surface area contributed by atoms with Crippen molar-refractivity contribution in [2.75, 3.05) is 33.9 Å². The van der Waals surface area contributed by atoms with E-state index in [0.29, 0.717) is 6.54 Å². The second-order valence-electron chi connectivity index (χ2n) is 3.40. The van der Waals surface area contributed by atoms with Gasteiger partial charge in [0.25, 0.3) is 0 Å². The molecule has 0 radical (unpaired) electrons. The summed E-state index contributed by atoms with van der Waals surface area (Å²) < 4.78 is 10.4. The van der Waals surface area contributed by atoms with Gasteiger partial charge in [-0.3, -0.25) is 0 Å². The Morgan fingerprint density at radius 1 is 1.19 bits per heavy atom. The van der Waals surface area contributed by atoms with Crippen LogP contribution in [0.15, 0.2) is 18.2 Å². The summed E-state index contributed by atoms with van der Waals surface area (Å²) in [4.78, 5) is 0. The Hall–Kier alpha value is -1.26. The molecule has 0 amide bonds. The lowest BCUT2D eigenvalue weighted by Gasteiger charge is -2.10. The van der Waals surface area contributed by atoms with E-state index in [-0.39, 0.29) is 6.61 Å². The molecule has 0 saturated carbocycles. The summed E-state index contributed by atoms with van der Waals surface area (Å²) >= 11 is 0. The second kappa shape index (κ2) is 7.09. The fourth-order valence-electron chi connectivity index (χ4n) is 1.49. The van der Waals surface area contributed by atoms with Gasteiger partial charge in [0.1, 0.15) is 11.5 Å². The monoisotopic (exact) mass is 225 g/mol. The number of hydrogen-bond donors (Lipinski definition) is 2. The second-order valence-corrected chi connectivity index (χ2v) is 3.40. The maximum Gasteiger partial charge on any atom is 0.125 e. The highest BCUT2D eigenvalue weighted by Crippen LogP contribution is 2.24. The number of aliphatic hydroxyl groups is 1. The molecule has 0 heterocycles. The molecule has 1 rings (SSSR count). The van der Waals surface area contributed by atoms with Crippen molar-refractivity contribution in [2.45, 2.75) is 6.42 Å². The van der Waals surface area contributed by atoms with Crippen molar-refractivity contribution in [3.8, 4) is 11.5 Å². The molecule has 0 atom stereocenters. The first-order valence-corrected chi connectivity index (χ1v) is 5.34. The minimum atomic E-state index is 0.166. The summed E-state index contributed by atoms with van der Waals surface area (Å²) in [5.41, 5.74) is 1.13. The van der Waals surface area contributed by atoms with Crippen LogP contribution in [-0.2, 0) is 6.42 Å². The van der Waals surface area contributed by atoms with Crippen molar-refractivity contribution in [3.05, 3.63) is 23.8 Å². The van der Waals surface area contributed by atoms with E-state index in [2.05, 4.69) is 5.32 Å². The highest BCUT2D eigenvalue weighted by Gasteiger charge is 2.04. The first-order chi connectivity index (χ1) is 7.81. The van der Waals surface area contributed by atoms with E-state index in [1.54, 1.807) is 14.2 Å². The van der Waals surface area contributed by atoms with Crippen molar-refractivity contribution in [2.24, 2.45) is 0 Å². The summed E-state index contributed by atoms with van der Waals surface area (Å²) in [7, 11) is 3.29. The van der Waals surface area contributed by atoms with E-state index in [9.17, 15) is 0 Å². The van der Waals surface area contributed by atoms with Gasteiger partial charge in [0.05, 0.1) is 20.8 Å². The molecule has 16 heavy (non-hydrogen) atoms. The molecule has 4 heteroatoms. The third-order valence-corrected chi connectivity index (χ3v) is 2.35. The molecule has 0 aromatic heterocycles. The van der Waals surface area contributed by atoms with E-state index in [1.165, 1.54) is 0 Å². The number of nitrogens with one attached hydrogen (secondary N) is 1. The highest BCUT2D eigenvalue weighted by molar-refractivity contribution is 5.40. The van der Waals surface area contributed by atoms with Gasteiger partial charge in [-0.25, -0.2) is 0 Å². The largest absolute Gasteiger partial charge is 0.497 e. The summed E-state index contributed by atoms with van der Waals surface area (Å²) in [6.07, 6.45) is 0.868. The van der Waals surface area contributed by atoms with Gasteiger partial charge in [-0.05, 0) is 24.6 Å². The number of ether oxygens (including phenoxy) is 2. The Bertz CT molecular complexity index is 315. The first-order valence-electron chi connectivity index (χ1n) is 5.34. The van der Waals surface area contributed by atoms with Gasteiger partial charge in [0, 0.05) is 12.6 Å². The van der Waals surface area contributed by atoms with E-state index >= 15 is 0 Å². The Morgan fingerprint density at radius 3 is 2.62 bits per heavy atom. The van der Waals surface area contributed by atoms with Gasteiger partial charge >= 0.3 is 0 Å². The molecule has 2 N–H and O–H groups in total. The zero-order valence-corrected chi connectivity index (χ0v) is 9.82. The summed E-state index contributed by atoms with van der Waals surface area (Å²) in [6.45, 7) is 1.61. The lowest BCUT2D eigenvalue weighted by atomic mass is 10.1. The summed E-state index contributed by atoms with van der Waals surface area (Å²) in [5, 5.41) is 11.8. The van der Waals surface area contributed by atoms with Crippen molar-refractivity contribution in [1.29, 1.82) is 0 Å². The number of rotatable bonds is 7. The number of benzene rings is 1. The molecule has 0 spiro atoms. The third kappa shape index (κ3) is 3.72. The average Bonchev–Trinajstić information content (AvgIpc) is 2.34. The number of hydrogen-bond acceptors (Lipinski definition) is 4. The van der Waals surface area contributed by atoms with Crippen LogP contribution in [0.3, 0.4) is 0 Å². The van der Waals surface area contributed by atoms with Crippen molar-refractivity contribution >= 4 is 0 Å². The fraction of sp³-hybridized carbons (Fsp3) is 0.500. The van der Waals surface area contributed by atoms with Gasteiger partial charge in [0.15, 0.2) is 0 Å². The zero-order chi connectivity index (χ0) is 11.8. The van der Waals surface area contributed by atoms with Crippen LogP contribution >= 0.6 is 0 Å². The third-order valence-electron chi connectivity index (χ3n) is 2.35. The molecule has 0 aliphatic carbocycles. The van der Waals surface area contributed by atoms with Crippen LogP contribution in [0.1, 0.15) is 5.56 Å². The Morgan fingerprint density at radius 2 is 2.00 bits per heavy atom. The topological polar surface area (TPSA) is 50.7 Å². The molecule has 0 aliphatic heterocycles. The van der Waals surface area contributed by atoms with E-state index < -0.39 is 0 Å². The molecular weight excluding hydrogens is 206 g/mol. The van der Waals surface area contributed by atoms with Crippen LogP contribution in [0.5, 0.6) is 11.5 Å². The summed E-state index contributed by atoms with van der Waals surface area (Å²) in [6, 6.07) is 5.80. The van der Waals surface area contributed by atoms with Crippen LogP contribution in [0.2, 0.25) is 0 Å². The van der Waals surface area contributed by atoms with Crippen molar-refractivity contribution in [1.82, 2.24) is 5.32 Å². The minimum Gasteiger partial charge on any atom is -0.497 e. The van der Waals surface area contributed by atoms with Crippen molar-refractivity contribution < 1.29 is 14.6 Å². The number of aliphatic hydroxyl groups excluding tert-OH is 1. The molecule has 0 aliphatic rings. The Kier molecular flexibility index (Phi) is 5.67. The smallest absolute Gasteiger partial charge is 0.125 e. The van der Waals surface area contributed by atoms with Gasteiger partial charge in [-0.2, -0.15) is 0 Å². The molecule has 1 aromatic carbocycles.